The van der Waals surface area contributed by atoms with Crippen LogP contribution in [0.15, 0.2) is 36.4 Å². The highest BCUT2D eigenvalue weighted by Crippen LogP contribution is 2.32. The fraction of sp³-hybridized carbons (Fsp3) is 0.391. The molecule has 6 nitrogen and oxygen atoms in total. The van der Waals surface area contributed by atoms with Crippen LogP contribution in [-0.2, 0) is 6.54 Å². The number of hydrogen-bond donors (Lipinski definition) is 2. The number of nitrogens with two attached hydrogens (primary N) is 2. The predicted molar refractivity (Wildman–Crippen MR) is 128 cm³/mol. The number of aromatic nitrogens is 2. The summed E-state index contributed by atoms with van der Waals surface area (Å²) in [5, 5.41) is 2.18. The molecule has 1 fully saturated rings. The number of hydrogen-bond acceptors (Lipinski definition) is 6. The number of likely N-dealkylation sites (tertiary alicyclic amines) is 1. The summed E-state index contributed by atoms with van der Waals surface area (Å²) in [5.41, 5.74) is 13.5. The quantitative estimate of drug-likeness (QED) is 0.528. The van der Waals surface area contributed by atoms with Crippen LogP contribution in [0.25, 0.3) is 10.9 Å². The van der Waals surface area contributed by atoms with Gasteiger partial charge in [-0.3, -0.25) is 4.90 Å². The molecular formula is C23H27Cl2N5O. The maximum absolute atomic E-state index is 6.33. The zero-order chi connectivity index (χ0) is 22.0. The molecule has 31 heavy (non-hydrogen) atoms. The molecule has 0 radical (unpaired) electrons. The molecule has 1 aromatic heterocycles. The summed E-state index contributed by atoms with van der Waals surface area (Å²) < 4.78 is 6.26. The molecular weight excluding hydrogens is 433 g/mol. The molecule has 1 unspecified atom stereocenters. The average molecular weight is 460 g/mol. The van der Waals surface area contributed by atoms with E-state index in [0.717, 1.165) is 59.9 Å². The number of anilines is 2. The van der Waals surface area contributed by atoms with E-state index in [0.29, 0.717) is 23.0 Å². The first-order valence-electron chi connectivity index (χ1n) is 10.5. The van der Waals surface area contributed by atoms with E-state index in [1.54, 1.807) is 0 Å². The molecule has 2 aromatic carbocycles. The third-order valence-electron chi connectivity index (χ3n) is 5.87. The van der Waals surface area contributed by atoms with Crippen molar-refractivity contribution in [1.82, 2.24) is 14.9 Å². The lowest BCUT2D eigenvalue weighted by molar-refractivity contribution is 0.129. The molecule has 4 rings (SSSR count). The summed E-state index contributed by atoms with van der Waals surface area (Å²) in [6.45, 7) is 4.93. The van der Waals surface area contributed by atoms with E-state index in [4.69, 9.17) is 39.4 Å². The maximum Gasteiger partial charge on any atom is 0.222 e. The van der Waals surface area contributed by atoms with Crippen LogP contribution in [0.2, 0.25) is 10.0 Å². The smallest absolute Gasteiger partial charge is 0.222 e. The second-order valence-electron chi connectivity index (χ2n) is 8.20. The lowest BCUT2D eigenvalue weighted by Crippen LogP contribution is -2.34. The van der Waals surface area contributed by atoms with Crippen LogP contribution in [0.1, 0.15) is 31.7 Å². The van der Waals surface area contributed by atoms with Gasteiger partial charge in [0.05, 0.1) is 17.0 Å². The van der Waals surface area contributed by atoms with Crippen LogP contribution in [0.4, 0.5) is 11.8 Å². The van der Waals surface area contributed by atoms with Crippen molar-refractivity contribution in [3.05, 3.63) is 52.0 Å². The fourth-order valence-electron chi connectivity index (χ4n) is 4.32. The Kier molecular flexibility index (Phi) is 6.70. The van der Waals surface area contributed by atoms with Gasteiger partial charge < -0.3 is 16.2 Å². The van der Waals surface area contributed by atoms with Gasteiger partial charge in [-0.25, -0.2) is 4.98 Å². The van der Waals surface area contributed by atoms with E-state index in [2.05, 4.69) is 21.8 Å². The Bertz CT molecular complexity index is 1050. The third-order valence-corrected chi connectivity index (χ3v) is 6.58. The molecule has 0 bridgehead atoms. The van der Waals surface area contributed by atoms with Gasteiger partial charge in [-0.15, -0.1) is 0 Å². The second kappa shape index (κ2) is 9.47. The average Bonchev–Trinajstić information content (AvgIpc) is 2.71. The Morgan fingerprint density at radius 1 is 1.06 bits per heavy atom. The zero-order valence-corrected chi connectivity index (χ0v) is 19.0. The van der Waals surface area contributed by atoms with Gasteiger partial charge in [-0.05, 0) is 69.5 Å². The molecule has 1 aliphatic heterocycles. The van der Waals surface area contributed by atoms with Gasteiger partial charge in [-0.2, -0.15) is 4.98 Å². The minimum atomic E-state index is 0.0529. The van der Waals surface area contributed by atoms with Gasteiger partial charge in [0, 0.05) is 22.2 Å². The van der Waals surface area contributed by atoms with Gasteiger partial charge in [0.25, 0.3) is 0 Å². The van der Waals surface area contributed by atoms with E-state index in [1.165, 1.54) is 0 Å². The predicted octanol–water partition coefficient (Wildman–Crippen LogP) is 5.17. The van der Waals surface area contributed by atoms with Crippen LogP contribution < -0.4 is 16.2 Å². The summed E-state index contributed by atoms with van der Waals surface area (Å²) in [6, 6.07) is 11.3. The van der Waals surface area contributed by atoms with Crippen LogP contribution in [-0.4, -0.2) is 34.1 Å². The maximum atomic E-state index is 6.33. The number of ether oxygens (including phenoxy) is 1. The number of piperidine rings is 1. The molecule has 8 heteroatoms. The minimum absolute atomic E-state index is 0.0529. The Morgan fingerprint density at radius 2 is 1.74 bits per heavy atom. The van der Waals surface area contributed by atoms with Gasteiger partial charge in [-0.1, -0.05) is 35.3 Å². The van der Waals surface area contributed by atoms with E-state index in [-0.39, 0.29) is 12.1 Å². The summed E-state index contributed by atoms with van der Waals surface area (Å²) in [5.74, 6) is 1.82. The van der Waals surface area contributed by atoms with E-state index in [1.807, 2.05) is 36.4 Å². The lowest BCUT2D eigenvalue weighted by atomic mass is 9.91. The minimum Gasteiger partial charge on any atom is -0.490 e. The highest BCUT2D eigenvalue weighted by molar-refractivity contribution is 6.35. The molecule has 1 atom stereocenters. The van der Waals surface area contributed by atoms with Crippen molar-refractivity contribution < 1.29 is 4.74 Å². The Balaban J connectivity index is 1.34. The molecule has 2 heterocycles. The Hall–Kier alpha value is -2.28. The van der Waals surface area contributed by atoms with Gasteiger partial charge in [0.2, 0.25) is 5.95 Å². The highest BCUT2D eigenvalue weighted by atomic mass is 35.5. The van der Waals surface area contributed by atoms with Crippen molar-refractivity contribution in [1.29, 1.82) is 0 Å². The van der Waals surface area contributed by atoms with Crippen molar-refractivity contribution in [2.24, 2.45) is 5.92 Å². The summed E-state index contributed by atoms with van der Waals surface area (Å²) >= 11 is 12.7. The molecule has 0 aliphatic carbocycles. The van der Waals surface area contributed by atoms with Crippen LogP contribution in [0, 0.1) is 5.92 Å². The van der Waals surface area contributed by atoms with Gasteiger partial charge >= 0.3 is 0 Å². The number of halogens is 2. The molecule has 164 valence electrons. The van der Waals surface area contributed by atoms with E-state index in [9.17, 15) is 0 Å². The lowest BCUT2D eigenvalue weighted by Gasteiger charge is -2.33. The van der Waals surface area contributed by atoms with Crippen molar-refractivity contribution >= 4 is 45.9 Å². The third kappa shape index (κ3) is 5.14. The molecule has 1 saturated heterocycles. The number of rotatable bonds is 6. The molecule has 0 amide bonds. The normalized spacial score (nSPS) is 16.5. The summed E-state index contributed by atoms with van der Waals surface area (Å²) in [4.78, 5) is 10.8. The highest BCUT2D eigenvalue weighted by Gasteiger charge is 2.23. The monoisotopic (exact) mass is 459 g/mol. The molecule has 3 aromatic rings. The summed E-state index contributed by atoms with van der Waals surface area (Å²) in [6.07, 6.45) is 3.27. The number of nitrogens with zero attached hydrogens (tertiary/aromatic N) is 3. The first kappa shape index (κ1) is 21.9. The van der Waals surface area contributed by atoms with Crippen LogP contribution >= 0.6 is 23.2 Å². The van der Waals surface area contributed by atoms with E-state index < -0.39 is 0 Å². The first-order chi connectivity index (χ1) is 14.9. The van der Waals surface area contributed by atoms with Crippen LogP contribution in [0.3, 0.4) is 0 Å². The Labute approximate surface area is 192 Å². The van der Waals surface area contributed by atoms with Crippen molar-refractivity contribution in [2.75, 3.05) is 24.6 Å². The molecule has 4 N–H and O–H groups in total. The Morgan fingerprint density at radius 3 is 2.45 bits per heavy atom. The van der Waals surface area contributed by atoms with Crippen molar-refractivity contribution in [3.63, 3.8) is 0 Å². The zero-order valence-electron chi connectivity index (χ0n) is 17.5. The number of fused-ring (bicyclic) bond motifs is 1. The van der Waals surface area contributed by atoms with Crippen molar-refractivity contribution in [2.45, 2.75) is 38.8 Å². The van der Waals surface area contributed by atoms with Gasteiger partial charge in [0.15, 0.2) is 0 Å². The topological polar surface area (TPSA) is 90.3 Å². The fourth-order valence-corrected chi connectivity index (χ4v) is 4.83. The molecule has 0 spiro atoms. The van der Waals surface area contributed by atoms with Crippen molar-refractivity contribution in [3.8, 4) is 5.75 Å². The standard InChI is InChI=1S/C23H27Cl2N5O/c1-14(31-20-7-3-6-19-21(20)22(26)29-23(27)28-19)12-15-8-10-30(11-9-15)13-16-17(24)4-2-5-18(16)25/h2-7,14-15H,8-13H2,1H3,(H4,26,27,28,29). The summed E-state index contributed by atoms with van der Waals surface area (Å²) in [7, 11) is 0. The second-order valence-corrected chi connectivity index (χ2v) is 9.02. The number of benzene rings is 2. The largest absolute Gasteiger partial charge is 0.490 e. The van der Waals surface area contributed by atoms with E-state index >= 15 is 0 Å². The van der Waals surface area contributed by atoms with Gasteiger partial charge in [0.1, 0.15) is 11.6 Å². The number of nitrogen functional groups attached to an aromatic ring is 2. The molecule has 1 aliphatic rings. The van der Waals surface area contributed by atoms with Crippen LogP contribution in [0.5, 0.6) is 5.75 Å². The SMILES string of the molecule is CC(CC1CCN(Cc2c(Cl)cccc2Cl)CC1)Oc1cccc2nc(N)nc(N)c12. The first-order valence-corrected chi connectivity index (χ1v) is 11.3. The molecule has 0 saturated carbocycles.